The fourth-order valence-corrected chi connectivity index (χ4v) is 1.14. The van der Waals surface area contributed by atoms with E-state index in [-0.39, 0.29) is 5.91 Å². The van der Waals surface area contributed by atoms with Crippen LogP contribution in [-0.2, 0) is 0 Å². The van der Waals surface area contributed by atoms with Gasteiger partial charge in [-0.15, -0.1) is 0 Å². The lowest BCUT2D eigenvalue weighted by Gasteiger charge is -1.94. The number of carbonyl (C=O) groups excluding carboxylic acids is 2. The summed E-state index contributed by atoms with van der Waals surface area (Å²) in [6.07, 6.45) is 2.22. The molecule has 0 saturated heterocycles. The van der Waals surface area contributed by atoms with Gasteiger partial charge in [-0.25, -0.2) is 4.99 Å². The maximum Gasteiger partial charge on any atom is 0.277 e. The van der Waals surface area contributed by atoms with Crippen molar-refractivity contribution in [1.82, 2.24) is 0 Å². The van der Waals surface area contributed by atoms with Gasteiger partial charge >= 0.3 is 0 Å². The first-order chi connectivity index (χ1) is 5.81. The molecule has 0 bridgehead atoms. The number of amides is 1. The van der Waals surface area contributed by atoms with E-state index in [1.54, 1.807) is 18.2 Å². The Morgan fingerprint density at radius 3 is 2.92 bits per heavy atom. The molecule has 12 heavy (non-hydrogen) atoms. The lowest BCUT2D eigenvalue weighted by molar-refractivity contribution is 0.101. The number of benzene rings is 1. The Kier molecular flexibility index (Phi) is 1.37. The summed E-state index contributed by atoms with van der Waals surface area (Å²) in [7, 11) is 0. The number of fused-ring (bicyclic) bond motifs is 1. The van der Waals surface area contributed by atoms with Gasteiger partial charge in [0.2, 0.25) is 0 Å². The van der Waals surface area contributed by atoms with Crippen molar-refractivity contribution in [2.24, 2.45) is 4.99 Å². The molecular weight excluding hydrogens is 154 g/mol. The Morgan fingerprint density at radius 1 is 1.33 bits per heavy atom. The monoisotopic (exact) mass is 159 g/mol. The van der Waals surface area contributed by atoms with Crippen molar-refractivity contribution < 1.29 is 9.59 Å². The molecule has 3 heteroatoms. The highest BCUT2D eigenvalue weighted by atomic mass is 16.1. The van der Waals surface area contributed by atoms with E-state index in [1.165, 1.54) is 6.21 Å². The number of aldehydes is 1. The topological polar surface area (TPSA) is 46.5 Å². The number of hydrogen-bond acceptors (Lipinski definition) is 2. The first-order valence-electron chi connectivity index (χ1n) is 3.49. The van der Waals surface area contributed by atoms with E-state index in [1.807, 2.05) is 0 Å². The van der Waals surface area contributed by atoms with Gasteiger partial charge in [-0.05, 0) is 6.07 Å². The molecule has 2 rings (SSSR count). The third-order valence-electron chi connectivity index (χ3n) is 1.76. The van der Waals surface area contributed by atoms with Gasteiger partial charge in [0, 0.05) is 17.3 Å². The standard InChI is InChI=1S/C9H5NO2/c11-5-6-1-2-7-4-10-9(12)8(7)3-6/h1-5H. The van der Waals surface area contributed by atoms with E-state index in [0.29, 0.717) is 17.4 Å². The van der Waals surface area contributed by atoms with Crippen LogP contribution >= 0.6 is 0 Å². The van der Waals surface area contributed by atoms with E-state index in [4.69, 9.17) is 0 Å². The second-order valence-corrected chi connectivity index (χ2v) is 2.53. The number of nitrogens with zero attached hydrogens (tertiary/aromatic N) is 1. The molecule has 0 fully saturated rings. The Bertz CT molecular complexity index is 394. The van der Waals surface area contributed by atoms with Crippen LogP contribution < -0.4 is 0 Å². The third-order valence-corrected chi connectivity index (χ3v) is 1.76. The molecule has 1 amide bonds. The van der Waals surface area contributed by atoms with Gasteiger partial charge in [-0.2, -0.15) is 0 Å². The van der Waals surface area contributed by atoms with Crippen molar-refractivity contribution in [2.75, 3.05) is 0 Å². The molecule has 0 aliphatic carbocycles. The molecule has 0 radical (unpaired) electrons. The third kappa shape index (κ3) is 0.871. The van der Waals surface area contributed by atoms with Gasteiger partial charge in [0.15, 0.2) is 0 Å². The van der Waals surface area contributed by atoms with Gasteiger partial charge in [-0.1, -0.05) is 12.1 Å². The molecule has 1 aromatic carbocycles. The molecule has 0 N–H and O–H groups in total. The average molecular weight is 159 g/mol. The summed E-state index contributed by atoms with van der Waals surface area (Å²) in [6.45, 7) is 0. The largest absolute Gasteiger partial charge is 0.298 e. The molecule has 3 nitrogen and oxygen atoms in total. The number of carbonyl (C=O) groups is 2. The summed E-state index contributed by atoms with van der Waals surface area (Å²) in [5.74, 6) is -0.270. The minimum atomic E-state index is -0.270. The molecule has 1 aromatic rings. The molecule has 1 aliphatic rings. The zero-order valence-electron chi connectivity index (χ0n) is 6.15. The van der Waals surface area contributed by atoms with Gasteiger partial charge in [0.05, 0.1) is 5.56 Å². The van der Waals surface area contributed by atoms with Gasteiger partial charge in [0.1, 0.15) is 6.29 Å². The fourth-order valence-electron chi connectivity index (χ4n) is 1.14. The quantitative estimate of drug-likeness (QED) is 0.575. The average Bonchev–Trinajstić information content (AvgIpc) is 2.47. The van der Waals surface area contributed by atoms with Crippen LogP contribution in [0.4, 0.5) is 0 Å². The number of rotatable bonds is 1. The zero-order chi connectivity index (χ0) is 8.55. The summed E-state index contributed by atoms with van der Waals surface area (Å²) in [5, 5.41) is 0. The van der Waals surface area contributed by atoms with Crippen molar-refractivity contribution in [3.63, 3.8) is 0 Å². The van der Waals surface area contributed by atoms with E-state index < -0.39 is 0 Å². The van der Waals surface area contributed by atoms with Crippen LogP contribution in [0.15, 0.2) is 23.2 Å². The first-order valence-corrected chi connectivity index (χ1v) is 3.49. The summed E-state index contributed by atoms with van der Waals surface area (Å²) >= 11 is 0. The van der Waals surface area contributed by atoms with Crippen LogP contribution in [0.5, 0.6) is 0 Å². The van der Waals surface area contributed by atoms with E-state index in [0.717, 1.165) is 5.56 Å². The van der Waals surface area contributed by atoms with Crippen LogP contribution in [0.1, 0.15) is 26.3 Å². The Hall–Kier alpha value is -1.77. The first kappa shape index (κ1) is 6.91. The van der Waals surface area contributed by atoms with E-state index in [9.17, 15) is 9.59 Å². The van der Waals surface area contributed by atoms with Crippen LogP contribution in [0, 0.1) is 0 Å². The fraction of sp³-hybridized carbons (Fsp3) is 0. The molecule has 58 valence electrons. The highest BCUT2D eigenvalue weighted by Gasteiger charge is 2.14. The maximum absolute atomic E-state index is 11.0. The SMILES string of the molecule is O=Cc1ccc2c(c1)C(=O)N=C2. The highest BCUT2D eigenvalue weighted by molar-refractivity contribution is 6.13. The van der Waals surface area contributed by atoms with Crippen LogP contribution in [-0.4, -0.2) is 18.4 Å². The minimum Gasteiger partial charge on any atom is -0.298 e. The maximum atomic E-state index is 11.0. The molecular formula is C9H5NO2. The predicted octanol–water partition coefficient (Wildman–Crippen LogP) is 1.07. The summed E-state index contributed by atoms with van der Waals surface area (Å²) in [5.41, 5.74) is 1.80. The molecule has 0 saturated carbocycles. The Balaban J connectivity index is 2.62. The van der Waals surface area contributed by atoms with Crippen molar-refractivity contribution in [1.29, 1.82) is 0 Å². The van der Waals surface area contributed by atoms with Gasteiger partial charge in [-0.3, -0.25) is 9.59 Å². The second kappa shape index (κ2) is 2.37. The Labute approximate surface area is 68.7 Å². The van der Waals surface area contributed by atoms with E-state index in [2.05, 4.69) is 4.99 Å². The van der Waals surface area contributed by atoms with Crippen molar-refractivity contribution in [3.8, 4) is 0 Å². The lowest BCUT2D eigenvalue weighted by atomic mass is 10.1. The zero-order valence-corrected chi connectivity index (χ0v) is 6.15. The minimum absolute atomic E-state index is 0.270. The second-order valence-electron chi connectivity index (χ2n) is 2.53. The molecule has 0 atom stereocenters. The van der Waals surface area contributed by atoms with Crippen LogP contribution in [0.25, 0.3) is 0 Å². The normalized spacial score (nSPS) is 13.2. The van der Waals surface area contributed by atoms with Crippen molar-refractivity contribution in [3.05, 3.63) is 34.9 Å². The summed E-state index contributed by atoms with van der Waals surface area (Å²) in [4.78, 5) is 25.0. The highest BCUT2D eigenvalue weighted by Crippen LogP contribution is 2.15. The molecule has 1 heterocycles. The summed E-state index contributed by atoms with van der Waals surface area (Å²) < 4.78 is 0. The lowest BCUT2D eigenvalue weighted by Crippen LogP contribution is -1.93. The van der Waals surface area contributed by atoms with E-state index >= 15 is 0 Å². The Morgan fingerprint density at radius 2 is 2.17 bits per heavy atom. The van der Waals surface area contributed by atoms with Gasteiger partial charge < -0.3 is 0 Å². The molecule has 0 aromatic heterocycles. The van der Waals surface area contributed by atoms with Crippen molar-refractivity contribution in [2.45, 2.75) is 0 Å². The van der Waals surface area contributed by atoms with Crippen LogP contribution in [0.2, 0.25) is 0 Å². The van der Waals surface area contributed by atoms with Crippen LogP contribution in [0.3, 0.4) is 0 Å². The number of aliphatic imine (C=N–C) groups is 1. The van der Waals surface area contributed by atoms with Crippen molar-refractivity contribution >= 4 is 18.4 Å². The predicted molar refractivity (Wildman–Crippen MR) is 43.8 cm³/mol. The molecule has 0 spiro atoms. The molecule has 1 aliphatic heterocycles. The number of hydrogen-bond donors (Lipinski definition) is 0. The van der Waals surface area contributed by atoms with Gasteiger partial charge in [0.25, 0.3) is 5.91 Å². The summed E-state index contributed by atoms with van der Waals surface area (Å²) in [6, 6.07) is 4.93. The smallest absolute Gasteiger partial charge is 0.277 e. The molecule has 0 unspecified atom stereocenters.